The molecule has 1 fully saturated rings. The van der Waals surface area contributed by atoms with Gasteiger partial charge in [-0.15, -0.1) is 0 Å². The van der Waals surface area contributed by atoms with Gasteiger partial charge in [0.2, 0.25) is 0 Å². The van der Waals surface area contributed by atoms with Crippen LogP contribution in [0.2, 0.25) is 0 Å². The van der Waals surface area contributed by atoms with Crippen molar-refractivity contribution in [2.45, 2.75) is 65.1 Å². The van der Waals surface area contributed by atoms with Crippen molar-refractivity contribution in [3.05, 3.63) is 107 Å². The topological polar surface area (TPSA) is 97.3 Å². The molecule has 3 aromatic carbocycles. The Kier molecular flexibility index (Phi) is 10.7. The van der Waals surface area contributed by atoms with Gasteiger partial charge in [0.1, 0.15) is 0 Å². The predicted molar refractivity (Wildman–Crippen MR) is 155 cm³/mol. The van der Waals surface area contributed by atoms with Gasteiger partial charge in [0, 0.05) is 38.0 Å². The molecule has 1 amide bonds. The molecular formula is C33H40N2O6. The molecule has 0 spiro atoms. The van der Waals surface area contributed by atoms with Gasteiger partial charge in [0.05, 0.1) is 18.8 Å². The van der Waals surface area contributed by atoms with E-state index in [0.717, 1.165) is 35.3 Å². The molecule has 218 valence electrons. The molecule has 0 radical (unpaired) electrons. The second kappa shape index (κ2) is 14.4. The molecule has 0 saturated carbocycles. The molecule has 0 bridgehead atoms. The molecule has 0 aromatic heterocycles. The Balaban J connectivity index is 1.48. The van der Waals surface area contributed by atoms with Crippen LogP contribution >= 0.6 is 0 Å². The SMILES string of the molecule is CC(=O)O[C@@H](C)C(=O)NCc1ccc([C@@H]2O[C@H](CN(C)Cc3ccccc3)[C@H](C)[C@H](c3ccc(CO)cc3)O2)cc1. The molecule has 8 nitrogen and oxygen atoms in total. The number of esters is 1. The first kappa shape index (κ1) is 30.4. The van der Waals surface area contributed by atoms with E-state index < -0.39 is 18.4 Å². The summed E-state index contributed by atoms with van der Waals surface area (Å²) >= 11 is 0. The van der Waals surface area contributed by atoms with Crippen molar-refractivity contribution in [1.82, 2.24) is 10.2 Å². The fraction of sp³-hybridized carbons (Fsp3) is 0.394. The van der Waals surface area contributed by atoms with Crippen LogP contribution in [0.4, 0.5) is 0 Å². The highest BCUT2D eigenvalue weighted by atomic mass is 16.7. The number of rotatable bonds is 11. The van der Waals surface area contributed by atoms with Gasteiger partial charge in [-0.3, -0.25) is 14.5 Å². The van der Waals surface area contributed by atoms with Crippen LogP contribution in [0.5, 0.6) is 0 Å². The first-order chi connectivity index (χ1) is 19.7. The number of hydrogen-bond acceptors (Lipinski definition) is 7. The number of nitrogens with one attached hydrogen (secondary N) is 1. The Bertz CT molecular complexity index is 1270. The van der Waals surface area contributed by atoms with Crippen LogP contribution in [0.3, 0.4) is 0 Å². The lowest BCUT2D eigenvalue weighted by molar-refractivity contribution is -0.276. The highest BCUT2D eigenvalue weighted by Crippen LogP contribution is 2.41. The third kappa shape index (κ3) is 8.47. The van der Waals surface area contributed by atoms with Gasteiger partial charge in [0.15, 0.2) is 12.4 Å². The van der Waals surface area contributed by atoms with Crippen molar-refractivity contribution in [1.29, 1.82) is 0 Å². The first-order valence-corrected chi connectivity index (χ1v) is 14.0. The van der Waals surface area contributed by atoms with Gasteiger partial charge in [0.25, 0.3) is 5.91 Å². The van der Waals surface area contributed by atoms with Crippen LogP contribution < -0.4 is 5.32 Å². The van der Waals surface area contributed by atoms with Crippen molar-refractivity contribution in [3.8, 4) is 0 Å². The van der Waals surface area contributed by atoms with E-state index in [-0.39, 0.29) is 30.6 Å². The molecule has 1 heterocycles. The van der Waals surface area contributed by atoms with Crippen LogP contribution in [-0.2, 0) is 43.5 Å². The predicted octanol–water partition coefficient (Wildman–Crippen LogP) is 4.67. The summed E-state index contributed by atoms with van der Waals surface area (Å²) in [7, 11) is 2.10. The van der Waals surface area contributed by atoms with Crippen LogP contribution in [0.15, 0.2) is 78.9 Å². The lowest BCUT2D eigenvalue weighted by Gasteiger charge is -2.42. The second-order valence-corrected chi connectivity index (χ2v) is 10.7. The summed E-state index contributed by atoms with van der Waals surface area (Å²) < 4.78 is 18.1. The third-order valence-corrected chi connectivity index (χ3v) is 7.34. The number of nitrogens with zero attached hydrogens (tertiary/aromatic N) is 1. The summed E-state index contributed by atoms with van der Waals surface area (Å²) in [6, 6.07) is 26.0. The fourth-order valence-electron chi connectivity index (χ4n) is 5.02. The number of hydrogen-bond donors (Lipinski definition) is 2. The molecule has 5 atom stereocenters. The van der Waals surface area contributed by atoms with Gasteiger partial charge in [-0.1, -0.05) is 85.8 Å². The number of carbonyl (C=O) groups excluding carboxylic acids is 2. The maximum absolute atomic E-state index is 12.2. The lowest BCUT2D eigenvalue weighted by atomic mass is 9.90. The quantitative estimate of drug-likeness (QED) is 0.329. The maximum Gasteiger partial charge on any atom is 0.303 e. The van der Waals surface area contributed by atoms with E-state index in [2.05, 4.69) is 48.5 Å². The Hall–Kier alpha value is -3.56. The summed E-state index contributed by atoms with van der Waals surface area (Å²) in [5.74, 6) is -0.765. The molecular weight excluding hydrogens is 520 g/mol. The lowest BCUT2D eigenvalue weighted by Crippen LogP contribution is -2.43. The normalized spacial score (nSPS) is 21.3. The summed E-state index contributed by atoms with van der Waals surface area (Å²) in [4.78, 5) is 25.6. The zero-order valence-electron chi connectivity index (χ0n) is 24.2. The monoisotopic (exact) mass is 560 g/mol. The van der Waals surface area contributed by atoms with E-state index >= 15 is 0 Å². The Morgan fingerprint density at radius 1 is 0.927 bits per heavy atom. The summed E-state index contributed by atoms with van der Waals surface area (Å²) in [6.07, 6.45) is -1.71. The molecule has 1 aliphatic rings. The van der Waals surface area contributed by atoms with Crippen LogP contribution in [0.25, 0.3) is 0 Å². The zero-order chi connectivity index (χ0) is 29.4. The molecule has 8 heteroatoms. The van der Waals surface area contributed by atoms with E-state index in [1.807, 2.05) is 54.6 Å². The average Bonchev–Trinajstić information content (AvgIpc) is 2.97. The van der Waals surface area contributed by atoms with Crippen molar-refractivity contribution in [2.75, 3.05) is 13.6 Å². The molecule has 0 unspecified atom stereocenters. The van der Waals surface area contributed by atoms with E-state index in [4.69, 9.17) is 14.2 Å². The Morgan fingerprint density at radius 3 is 2.20 bits per heavy atom. The number of likely N-dealkylation sites (N-methyl/N-ethyl adjacent to an activating group) is 1. The summed E-state index contributed by atoms with van der Waals surface area (Å²) in [6.45, 7) is 6.82. The second-order valence-electron chi connectivity index (χ2n) is 10.7. The van der Waals surface area contributed by atoms with Gasteiger partial charge in [-0.05, 0) is 36.2 Å². The van der Waals surface area contributed by atoms with Crippen molar-refractivity contribution < 1.29 is 28.9 Å². The highest BCUT2D eigenvalue weighted by molar-refractivity contribution is 5.82. The third-order valence-electron chi connectivity index (χ3n) is 7.34. The number of ether oxygens (including phenoxy) is 3. The Labute approximate surface area is 242 Å². The van der Waals surface area contributed by atoms with Crippen LogP contribution in [0.1, 0.15) is 61.0 Å². The summed E-state index contributed by atoms with van der Waals surface area (Å²) in [5, 5.41) is 12.3. The molecule has 1 aliphatic heterocycles. The van der Waals surface area contributed by atoms with Crippen LogP contribution in [0, 0.1) is 5.92 Å². The number of aliphatic hydroxyl groups is 1. The van der Waals surface area contributed by atoms with E-state index in [9.17, 15) is 14.7 Å². The smallest absolute Gasteiger partial charge is 0.303 e. The van der Waals surface area contributed by atoms with E-state index in [0.29, 0.717) is 6.54 Å². The largest absolute Gasteiger partial charge is 0.453 e. The van der Waals surface area contributed by atoms with Gasteiger partial charge in [-0.2, -0.15) is 0 Å². The molecule has 2 N–H and O–H groups in total. The maximum atomic E-state index is 12.2. The fourth-order valence-corrected chi connectivity index (χ4v) is 5.02. The molecule has 4 rings (SSSR count). The van der Waals surface area contributed by atoms with Gasteiger partial charge < -0.3 is 24.6 Å². The molecule has 0 aliphatic carbocycles. The number of amides is 1. The molecule has 41 heavy (non-hydrogen) atoms. The van der Waals surface area contributed by atoms with Gasteiger partial charge >= 0.3 is 5.97 Å². The highest BCUT2D eigenvalue weighted by Gasteiger charge is 2.38. The van der Waals surface area contributed by atoms with E-state index in [1.165, 1.54) is 12.5 Å². The van der Waals surface area contributed by atoms with Crippen molar-refractivity contribution in [2.24, 2.45) is 5.92 Å². The molecule has 1 saturated heterocycles. The minimum atomic E-state index is -0.849. The van der Waals surface area contributed by atoms with Crippen LogP contribution in [-0.4, -0.2) is 47.7 Å². The summed E-state index contributed by atoms with van der Waals surface area (Å²) in [5.41, 5.74) is 4.92. The number of carbonyl (C=O) groups is 2. The standard InChI is InChI=1S/C33H40N2O6/c1-22-30(20-35(4)19-26-8-6-5-7-9-26)40-33(41-31(22)28-14-12-27(21-36)13-15-28)29-16-10-25(11-17-29)18-34-32(38)23(2)39-24(3)37/h5-17,22-23,30-31,33,36H,18-21H2,1-4H3,(H,34,38)/t22-,23-,30+,31+,33+/m0/s1. The minimum Gasteiger partial charge on any atom is -0.453 e. The number of benzene rings is 3. The van der Waals surface area contributed by atoms with Crippen molar-refractivity contribution in [3.63, 3.8) is 0 Å². The first-order valence-electron chi connectivity index (χ1n) is 14.0. The molecule has 3 aromatic rings. The number of aliphatic hydroxyl groups excluding tert-OH is 1. The van der Waals surface area contributed by atoms with Crippen molar-refractivity contribution >= 4 is 11.9 Å². The zero-order valence-corrected chi connectivity index (χ0v) is 24.2. The van der Waals surface area contributed by atoms with E-state index in [1.54, 1.807) is 6.92 Å². The average molecular weight is 561 g/mol. The Morgan fingerprint density at radius 2 is 1.56 bits per heavy atom. The van der Waals surface area contributed by atoms with Gasteiger partial charge in [-0.25, -0.2) is 0 Å². The minimum absolute atomic E-state index is 0.00450.